The molecule has 1 aromatic carbocycles. The number of anilines is 1. The zero-order chi connectivity index (χ0) is 14.4. The standard InChI is InChI=1S/C18H26N2S/c1-3-13(2)19-10-8-16-15(12-19)14-6-4-7-17-18(14)20(16)9-5-11-21-17/h4,6-7,13,15-16H,3,5,8-12H2,1-2H3/t13-,15?,16?/m0/s1. The Balaban J connectivity index is 1.70. The van der Waals surface area contributed by atoms with Gasteiger partial charge in [0.05, 0.1) is 5.69 Å². The van der Waals surface area contributed by atoms with Crippen LogP contribution in [0, 0.1) is 0 Å². The second kappa shape index (κ2) is 5.51. The number of rotatable bonds is 2. The molecule has 2 nitrogen and oxygen atoms in total. The number of hydrogen-bond donors (Lipinski definition) is 0. The van der Waals surface area contributed by atoms with Crippen molar-refractivity contribution in [1.82, 2.24) is 4.90 Å². The van der Waals surface area contributed by atoms with Gasteiger partial charge in [0.2, 0.25) is 0 Å². The molecule has 1 saturated heterocycles. The van der Waals surface area contributed by atoms with E-state index in [4.69, 9.17) is 0 Å². The molecule has 0 N–H and O–H groups in total. The number of piperidine rings is 1. The Bertz CT molecular complexity index is 530. The molecule has 3 aliphatic rings. The highest BCUT2D eigenvalue weighted by molar-refractivity contribution is 7.99. The van der Waals surface area contributed by atoms with E-state index in [0.29, 0.717) is 0 Å². The normalized spacial score (nSPS) is 29.7. The van der Waals surface area contributed by atoms with Crippen LogP contribution in [-0.2, 0) is 0 Å². The summed E-state index contributed by atoms with van der Waals surface area (Å²) in [5.41, 5.74) is 3.24. The first-order valence-electron chi connectivity index (χ1n) is 8.56. The Morgan fingerprint density at radius 3 is 3.10 bits per heavy atom. The van der Waals surface area contributed by atoms with Crippen molar-refractivity contribution in [2.75, 3.05) is 30.3 Å². The third kappa shape index (κ3) is 2.20. The highest BCUT2D eigenvalue weighted by atomic mass is 32.2. The van der Waals surface area contributed by atoms with Gasteiger partial charge in [0.25, 0.3) is 0 Å². The highest BCUT2D eigenvalue weighted by Crippen LogP contribution is 2.50. The van der Waals surface area contributed by atoms with Gasteiger partial charge in [0.15, 0.2) is 0 Å². The number of hydrogen-bond acceptors (Lipinski definition) is 3. The topological polar surface area (TPSA) is 6.48 Å². The van der Waals surface area contributed by atoms with Gasteiger partial charge >= 0.3 is 0 Å². The van der Waals surface area contributed by atoms with Crippen LogP contribution in [0.25, 0.3) is 0 Å². The summed E-state index contributed by atoms with van der Waals surface area (Å²) in [5, 5.41) is 0. The second-order valence-corrected chi connectivity index (χ2v) is 7.94. The third-order valence-electron chi connectivity index (χ3n) is 5.74. The highest BCUT2D eigenvalue weighted by Gasteiger charge is 2.43. The zero-order valence-electron chi connectivity index (χ0n) is 13.2. The summed E-state index contributed by atoms with van der Waals surface area (Å²) >= 11 is 2.07. The number of thioether (sulfide) groups is 1. The van der Waals surface area contributed by atoms with Crippen LogP contribution in [0.4, 0.5) is 5.69 Å². The average Bonchev–Trinajstić information content (AvgIpc) is 2.69. The molecule has 0 saturated carbocycles. The minimum absolute atomic E-state index is 0.730. The maximum Gasteiger partial charge on any atom is 0.0543 e. The van der Waals surface area contributed by atoms with E-state index in [2.05, 4.69) is 53.6 Å². The summed E-state index contributed by atoms with van der Waals surface area (Å²) in [6.45, 7) is 8.52. The molecular weight excluding hydrogens is 276 g/mol. The fraction of sp³-hybridized carbons (Fsp3) is 0.667. The zero-order valence-corrected chi connectivity index (χ0v) is 14.0. The fourth-order valence-electron chi connectivity index (χ4n) is 4.42. The lowest BCUT2D eigenvalue weighted by Gasteiger charge is -2.41. The molecule has 3 heterocycles. The molecule has 0 radical (unpaired) electrons. The van der Waals surface area contributed by atoms with Crippen LogP contribution < -0.4 is 4.90 Å². The molecule has 1 aromatic rings. The molecule has 0 aliphatic carbocycles. The molecule has 3 aliphatic heterocycles. The summed E-state index contributed by atoms with van der Waals surface area (Å²) in [4.78, 5) is 7.03. The molecule has 0 amide bonds. The van der Waals surface area contributed by atoms with Gasteiger partial charge < -0.3 is 4.90 Å². The number of benzene rings is 1. The predicted molar refractivity (Wildman–Crippen MR) is 91.6 cm³/mol. The first-order valence-corrected chi connectivity index (χ1v) is 9.54. The number of likely N-dealkylation sites (tertiary alicyclic amines) is 1. The number of nitrogens with zero attached hydrogens (tertiary/aromatic N) is 2. The smallest absolute Gasteiger partial charge is 0.0543 e. The summed E-state index contributed by atoms with van der Waals surface area (Å²) < 4.78 is 0. The molecule has 114 valence electrons. The monoisotopic (exact) mass is 302 g/mol. The van der Waals surface area contributed by atoms with E-state index in [1.54, 1.807) is 11.3 Å². The van der Waals surface area contributed by atoms with Crippen molar-refractivity contribution in [3.63, 3.8) is 0 Å². The lowest BCUT2D eigenvalue weighted by atomic mass is 9.88. The molecule has 3 atom stereocenters. The SMILES string of the molecule is CC[C@H](C)N1CCC2C(C1)c1cccc3c1N2CCCS3. The van der Waals surface area contributed by atoms with Gasteiger partial charge in [0, 0.05) is 42.5 Å². The molecule has 2 unspecified atom stereocenters. The van der Waals surface area contributed by atoms with Gasteiger partial charge in [-0.1, -0.05) is 19.1 Å². The van der Waals surface area contributed by atoms with E-state index in [1.165, 1.54) is 49.5 Å². The maximum absolute atomic E-state index is 2.77. The largest absolute Gasteiger partial charge is 0.367 e. The Morgan fingerprint density at radius 1 is 1.33 bits per heavy atom. The maximum atomic E-state index is 2.77. The Morgan fingerprint density at radius 2 is 2.24 bits per heavy atom. The molecule has 0 aromatic heterocycles. The summed E-state index contributed by atoms with van der Waals surface area (Å²) in [6.07, 6.45) is 3.94. The van der Waals surface area contributed by atoms with Crippen LogP contribution in [0.5, 0.6) is 0 Å². The average molecular weight is 302 g/mol. The van der Waals surface area contributed by atoms with Crippen LogP contribution in [0.2, 0.25) is 0 Å². The van der Waals surface area contributed by atoms with E-state index in [-0.39, 0.29) is 0 Å². The Hall–Kier alpha value is -0.670. The summed E-state index contributed by atoms with van der Waals surface area (Å²) in [7, 11) is 0. The van der Waals surface area contributed by atoms with Crippen molar-refractivity contribution in [2.24, 2.45) is 0 Å². The van der Waals surface area contributed by atoms with Crippen molar-refractivity contribution < 1.29 is 0 Å². The first-order chi connectivity index (χ1) is 10.3. The van der Waals surface area contributed by atoms with Crippen molar-refractivity contribution in [2.45, 2.75) is 56.0 Å². The fourth-order valence-corrected chi connectivity index (χ4v) is 5.46. The van der Waals surface area contributed by atoms with E-state index < -0.39 is 0 Å². The van der Waals surface area contributed by atoms with Gasteiger partial charge in [-0.3, -0.25) is 4.90 Å². The Kier molecular flexibility index (Phi) is 3.66. The molecule has 0 spiro atoms. The van der Waals surface area contributed by atoms with Gasteiger partial charge in [-0.15, -0.1) is 11.8 Å². The van der Waals surface area contributed by atoms with Gasteiger partial charge in [0.1, 0.15) is 0 Å². The van der Waals surface area contributed by atoms with Crippen molar-refractivity contribution in [3.8, 4) is 0 Å². The number of fused-ring (bicyclic) bond motifs is 3. The van der Waals surface area contributed by atoms with E-state index in [9.17, 15) is 0 Å². The molecule has 4 rings (SSSR count). The molecular formula is C18H26N2S. The van der Waals surface area contributed by atoms with E-state index >= 15 is 0 Å². The van der Waals surface area contributed by atoms with Gasteiger partial charge in [-0.05, 0) is 43.6 Å². The van der Waals surface area contributed by atoms with Crippen molar-refractivity contribution in [3.05, 3.63) is 23.8 Å². The first kappa shape index (κ1) is 14.0. The lowest BCUT2D eigenvalue weighted by Crippen LogP contribution is -2.49. The summed E-state index contributed by atoms with van der Waals surface area (Å²) in [5.74, 6) is 2.02. The van der Waals surface area contributed by atoms with Crippen LogP contribution in [0.15, 0.2) is 23.1 Å². The molecule has 3 heteroatoms. The van der Waals surface area contributed by atoms with Gasteiger partial charge in [-0.2, -0.15) is 0 Å². The lowest BCUT2D eigenvalue weighted by molar-refractivity contribution is 0.144. The van der Waals surface area contributed by atoms with Crippen molar-refractivity contribution in [1.29, 1.82) is 0 Å². The predicted octanol–water partition coefficient (Wildman–Crippen LogP) is 3.96. The van der Waals surface area contributed by atoms with E-state index in [0.717, 1.165) is 18.0 Å². The van der Waals surface area contributed by atoms with Gasteiger partial charge in [-0.25, -0.2) is 0 Å². The van der Waals surface area contributed by atoms with Crippen LogP contribution in [0.3, 0.4) is 0 Å². The molecule has 1 fully saturated rings. The Labute approximate surface area is 132 Å². The van der Waals surface area contributed by atoms with Crippen molar-refractivity contribution >= 4 is 17.4 Å². The van der Waals surface area contributed by atoms with E-state index in [1.807, 2.05) is 0 Å². The third-order valence-corrected chi connectivity index (χ3v) is 6.87. The minimum Gasteiger partial charge on any atom is -0.367 e. The number of para-hydroxylation sites is 1. The van der Waals surface area contributed by atoms with Crippen LogP contribution in [-0.4, -0.2) is 42.4 Å². The molecule has 21 heavy (non-hydrogen) atoms. The minimum atomic E-state index is 0.730. The second-order valence-electron chi connectivity index (χ2n) is 6.80. The van der Waals surface area contributed by atoms with Crippen LogP contribution in [0.1, 0.15) is 44.6 Å². The summed E-state index contributed by atoms with van der Waals surface area (Å²) in [6, 6.07) is 8.53. The van der Waals surface area contributed by atoms with Crippen LogP contribution >= 0.6 is 11.8 Å². The quantitative estimate of drug-likeness (QED) is 0.816. The molecule has 0 bridgehead atoms.